The molecular weight excluding hydrogens is 272 g/mol. The van der Waals surface area contributed by atoms with Crippen molar-refractivity contribution in [3.8, 4) is 0 Å². The van der Waals surface area contributed by atoms with Gasteiger partial charge in [0.2, 0.25) is 5.91 Å². The van der Waals surface area contributed by atoms with Gasteiger partial charge in [-0.2, -0.15) is 0 Å². The van der Waals surface area contributed by atoms with Gasteiger partial charge in [-0.3, -0.25) is 4.79 Å². The second-order valence-corrected chi connectivity index (χ2v) is 6.47. The van der Waals surface area contributed by atoms with Gasteiger partial charge in [-0.25, -0.2) is 0 Å². The number of hydrogen-bond donors (Lipinski definition) is 2. The monoisotopic (exact) mass is 294 g/mol. The molecule has 1 heterocycles. The summed E-state index contributed by atoms with van der Waals surface area (Å²) in [5.41, 5.74) is 4.05. The minimum atomic E-state index is -0.454. The van der Waals surface area contributed by atoms with Crippen LogP contribution in [0.5, 0.6) is 0 Å². The van der Waals surface area contributed by atoms with Gasteiger partial charge >= 0.3 is 0 Å². The van der Waals surface area contributed by atoms with Crippen LogP contribution in [0, 0.1) is 0 Å². The summed E-state index contributed by atoms with van der Waals surface area (Å²) in [6.45, 7) is 6.93. The van der Waals surface area contributed by atoms with Crippen molar-refractivity contribution < 1.29 is 4.79 Å². The Morgan fingerprint density at radius 3 is 2.59 bits per heavy atom. The second kappa shape index (κ2) is 5.58. The average Bonchev–Trinajstić information content (AvgIpc) is 2.75. The predicted molar refractivity (Wildman–Crippen MR) is 89.8 cm³/mol. The lowest BCUT2D eigenvalue weighted by molar-refractivity contribution is -0.119. The molecular formula is C19H22N2O. The summed E-state index contributed by atoms with van der Waals surface area (Å²) in [5.74, 6) is 0.0737. The van der Waals surface area contributed by atoms with E-state index in [4.69, 9.17) is 0 Å². The van der Waals surface area contributed by atoms with Gasteiger partial charge < -0.3 is 10.6 Å². The first-order valence-electron chi connectivity index (χ1n) is 7.71. The second-order valence-electron chi connectivity index (χ2n) is 6.47. The molecule has 0 fully saturated rings. The molecule has 0 bridgehead atoms. The number of anilines is 1. The highest BCUT2D eigenvalue weighted by Crippen LogP contribution is 2.38. The molecule has 22 heavy (non-hydrogen) atoms. The number of carbonyl (C=O) groups is 1. The molecule has 2 N–H and O–H groups in total. The molecule has 0 spiro atoms. The van der Waals surface area contributed by atoms with Crippen LogP contribution in [0.1, 0.15) is 43.5 Å². The van der Waals surface area contributed by atoms with Crippen molar-refractivity contribution in [3.63, 3.8) is 0 Å². The van der Waals surface area contributed by atoms with Gasteiger partial charge in [-0.1, -0.05) is 42.5 Å². The van der Waals surface area contributed by atoms with Crippen LogP contribution in [-0.2, 0) is 16.8 Å². The molecule has 0 aliphatic carbocycles. The van der Waals surface area contributed by atoms with E-state index in [2.05, 4.69) is 54.0 Å². The Labute approximate surface area is 131 Å². The van der Waals surface area contributed by atoms with Gasteiger partial charge in [0.25, 0.3) is 0 Å². The maximum absolute atomic E-state index is 12.0. The summed E-state index contributed by atoms with van der Waals surface area (Å²) >= 11 is 0. The summed E-state index contributed by atoms with van der Waals surface area (Å²) in [7, 11) is 0. The van der Waals surface area contributed by atoms with Gasteiger partial charge in [0.15, 0.2) is 0 Å². The maximum atomic E-state index is 12.0. The molecule has 114 valence electrons. The third kappa shape index (κ3) is 2.64. The van der Waals surface area contributed by atoms with E-state index in [9.17, 15) is 4.79 Å². The van der Waals surface area contributed by atoms with Crippen LogP contribution in [0.15, 0.2) is 48.5 Å². The van der Waals surface area contributed by atoms with Gasteiger partial charge in [0.05, 0.1) is 5.41 Å². The molecule has 1 aliphatic rings. The zero-order chi connectivity index (χ0) is 15.7. The minimum Gasteiger partial charge on any atom is -0.325 e. The van der Waals surface area contributed by atoms with E-state index >= 15 is 0 Å². The Morgan fingerprint density at radius 2 is 1.86 bits per heavy atom. The molecule has 3 rings (SSSR count). The molecule has 1 amide bonds. The Kier molecular flexibility index (Phi) is 3.75. The number of amides is 1. The molecule has 1 aliphatic heterocycles. The van der Waals surface area contributed by atoms with Crippen molar-refractivity contribution in [1.82, 2.24) is 5.32 Å². The van der Waals surface area contributed by atoms with Crippen molar-refractivity contribution in [3.05, 3.63) is 65.2 Å². The van der Waals surface area contributed by atoms with E-state index in [1.165, 1.54) is 11.1 Å². The first-order valence-corrected chi connectivity index (χ1v) is 7.71. The molecule has 3 nitrogen and oxygen atoms in total. The zero-order valence-corrected chi connectivity index (χ0v) is 13.3. The van der Waals surface area contributed by atoms with Crippen LogP contribution < -0.4 is 10.6 Å². The largest absolute Gasteiger partial charge is 0.325 e. The number of rotatable bonds is 4. The van der Waals surface area contributed by atoms with E-state index in [1.54, 1.807) is 0 Å². The highest BCUT2D eigenvalue weighted by atomic mass is 16.2. The fourth-order valence-electron chi connectivity index (χ4n) is 2.84. The van der Waals surface area contributed by atoms with Crippen molar-refractivity contribution >= 4 is 11.6 Å². The van der Waals surface area contributed by atoms with Gasteiger partial charge in [-0.05, 0) is 43.5 Å². The van der Waals surface area contributed by atoms with Crippen molar-refractivity contribution in [2.24, 2.45) is 0 Å². The topological polar surface area (TPSA) is 41.1 Å². The number of benzene rings is 2. The van der Waals surface area contributed by atoms with Crippen LogP contribution in [0.4, 0.5) is 5.69 Å². The van der Waals surface area contributed by atoms with E-state index in [0.29, 0.717) is 0 Å². The van der Waals surface area contributed by atoms with Crippen molar-refractivity contribution in [1.29, 1.82) is 0 Å². The molecule has 0 saturated heterocycles. The zero-order valence-electron chi connectivity index (χ0n) is 13.3. The van der Waals surface area contributed by atoms with Crippen molar-refractivity contribution in [2.45, 2.75) is 38.8 Å². The van der Waals surface area contributed by atoms with Gasteiger partial charge in [0.1, 0.15) is 0 Å². The molecule has 0 saturated carbocycles. The first kappa shape index (κ1) is 14.8. The Morgan fingerprint density at radius 1 is 1.14 bits per heavy atom. The SMILES string of the molecule is C[C@H](NCc1ccccc1)c1ccc2c(c1)C(C)(C)C(=O)N2. The molecule has 2 aromatic rings. The standard InChI is InChI=1S/C19H22N2O/c1-13(20-12-14-7-5-4-6-8-14)15-9-10-17-16(11-15)19(2,3)18(22)21-17/h4-11,13,20H,12H2,1-3H3,(H,21,22)/t13-/m0/s1. The van der Waals surface area contributed by atoms with E-state index in [1.807, 2.05) is 26.0 Å². The lowest BCUT2D eigenvalue weighted by Crippen LogP contribution is -2.27. The molecule has 0 aromatic heterocycles. The Balaban J connectivity index is 1.76. The lowest BCUT2D eigenvalue weighted by atomic mass is 9.85. The van der Waals surface area contributed by atoms with Crippen LogP contribution in [0.2, 0.25) is 0 Å². The van der Waals surface area contributed by atoms with Crippen LogP contribution >= 0.6 is 0 Å². The summed E-state index contributed by atoms with van der Waals surface area (Å²) < 4.78 is 0. The third-order valence-corrected chi connectivity index (χ3v) is 4.49. The number of carbonyl (C=O) groups excluding carboxylic acids is 1. The summed E-state index contributed by atoms with van der Waals surface area (Å²) in [5, 5.41) is 6.49. The maximum Gasteiger partial charge on any atom is 0.234 e. The minimum absolute atomic E-state index is 0.0737. The summed E-state index contributed by atoms with van der Waals surface area (Å²) in [6, 6.07) is 16.9. The smallest absolute Gasteiger partial charge is 0.234 e. The van der Waals surface area contributed by atoms with Crippen molar-refractivity contribution in [2.75, 3.05) is 5.32 Å². The number of nitrogens with one attached hydrogen (secondary N) is 2. The fourth-order valence-corrected chi connectivity index (χ4v) is 2.84. The van der Waals surface area contributed by atoms with Crippen LogP contribution in [-0.4, -0.2) is 5.91 Å². The Bertz CT molecular complexity index is 692. The van der Waals surface area contributed by atoms with Gasteiger partial charge in [0, 0.05) is 18.3 Å². The quantitative estimate of drug-likeness (QED) is 0.901. The average molecular weight is 294 g/mol. The van der Waals surface area contributed by atoms with E-state index < -0.39 is 5.41 Å². The van der Waals surface area contributed by atoms with E-state index in [-0.39, 0.29) is 11.9 Å². The summed E-state index contributed by atoms with van der Waals surface area (Å²) in [6.07, 6.45) is 0. The Hall–Kier alpha value is -2.13. The van der Waals surface area contributed by atoms with E-state index in [0.717, 1.165) is 17.8 Å². The van der Waals surface area contributed by atoms with Gasteiger partial charge in [-0.15, -0.1) is 0 Å². The molecule has 1 atom stereocenters. The molecule has 0 unspecified atom stereocenters. The van der Waals surface area contributed by atoms with Crippen LogP contribution in [0.25, 0.3) is 0 Å². The molecule has 2 aromatic carbocycles. The third-order valence-electron chi connectivity index (χ3n) is 4.49. The highest BCUT2D eigenvalue weighted by Gasteiger charge is 2.38. The molecule has 3 heteroatoms. The number of fused-ring (bicyclic) bond motifs is 1. The highest BCUT2D eigenvalue weighted by molar-refractivity contribution is 6.05. The fraction of sp³-hybridized carbons (Fsp3) is 0.316. The normalized spacial score (nSPS) is 17.0. The lowest BCUT2D eigenvalue weighted by Gasteiger charge is -2.19. The molecule has 0 radical (unpaired) electrons. The summed E-state index contributed by atoms with van der Waals surface area (Å²) in [4.78, 5) is 12.0. The van der Waals surface area contributed by atoms with Crippen LogP contribution in [0.3, 0.4) is 0 Å². The first-order chi connectivity index (χ1) is 10.5. The predicted octanol–water partition coefficient (Wildman–Crippen LogP) is 3.77. The number of hydrogen-bond acceptors (Lipinski definition) is 2.